The molecule has 10 aromatic heterocycles. The van der Waals surface area contributed by atoms with Crippen LogP contribution in [0.1, 0.15) is 132 Å². The minimum Gasteiger partial charge on any atom is -0.456 e. The third-order valence-corrected chi connectivity index (χ3v) is 31.8. The lowest BCUT2D eigenvalue weighted by atomic mass is 9.86. The maximum Gasteiger partial charge on any atom is 0.139 e. The number of thiophene rings is 1. The molecule has 0 saturated heterocycles. The van der Waals surface area contributed by atoms with Gasteiger partial charge >= 0.3 is 0 Å². The maximum atomic E-state index is 6.47. The maximum absolute atomic E-state index is 6.47. The molecule has 150 heavy (non-hydrogen) atoms. The quantitative estimate of drug-likeness (QED) is 0.172. The van der Waals surface area contributed by atoms with E-state index in [4.69, 9.17) is 17.7 Å². The Kier molecular flexibility index (Phi) is 21.8. The van der Waals surface area contributed by atoms with Gasteiger partial charge in [-0.05, 0) is 243 Å². The van der Waals surface area contributed by atoms with Crippen molar-refractivity contribution in [3.8, 4) is 28.4 Å². The Labute approximate surface area is 874 Å². The molecular formula is C140H115N5O4S. The molecule has 30 rings (SSSR count). The fourth-order valence-corrected chi connectivity index (χ4v) is 24.1. The fraction of sp³-hybridized carbons (Fsp3) is 0.143. The SMILES string of the molecule is CC(C)(C)c1ccc(-n2c3ccccc3c3cc4oc5ccccc5c4cc32)cc1.CC(C)(C)c1ccc2c(c1)c1cc3oc4ccccc4c3cc1n2-c1ccccc1.CC(C)(C)c1ccc2c(c1)c1cc3sc4ccccc4c3cc1n2-c1ccccc1.CC(C)(C)c1ccc2oc3cc4c5ccccc5n(-c5ccccc5)c4cc3c2c1.CC(C)(C)c1cccc2c1oc1cc3c4ccccc4n(-c4ccccc4)c3cc12. The molecule has 0 saturated carbocycles. The van der Waals surface area contributed by atoms with Crippen LogP contribution >= 0.6 is 11.3 Å². The van der Waals surface area contributed by atoms with Crippen LogP contribution < -0.4 is 0 Å². The van der Waals surface area contributed by atoms with Gasteiger partial charge in [0.25, 0.3) is 0 Å². The summed E-state index contributed by atoms with van der Waals surface area (Å²) in [5.74, 6) is 0. The summed E-state index contributed by atoms with van der Waals surface area (Å²) in [7, 11) is 0. The second kappa shape index (κ2) is 35.3. The highest BCUT2D eigenvalue weighted by molar-refractivity contribution is 7.25. The van der Waals surface area contributed by atoms with Gasteiger partial charge in [-0.25, -0.2) is 0 Å². The molecule has 20 aromatic carbocycles. The number of nitrogens with zero attached hydrogens (tertiary/aromatic N) is 5. The van der Waals surface area contributed by atoms with Gasteiger partial charge in [0.15, 0.2) is 0 Å². The smallest absolute Gasteiger partial charge is 0.139 e. The van der Waals surface area contributed by atoms with Crippen LogP contribution in [0.5, 0.6) is 0 Å². The van der Waals surface area contributed by atoms with Gasteiger partial charge in [-0.2, -0.15) is 0 Å². The summed E-state index contributed by atoms with van der Waals surface area (Å²) in [5.41, 5.74) is 32.9. The van der Waals surface area contributed by atoms with E-state index in [-0.39, 0.29) is 27.1 Å². The largest absolute Gasteiger partial charge is 0.456 e. The van der Waals surface area contributed by atoms with Gasteiger partial charge in [0.2, 0.25) is 0 Å². The normalized spacial score (nSPS) is 12.5. The Balaban J connectivity index is 0.0000000945. The molecule has 0 unspecified atom stereocenters. The van der Waals surface area contributed by atoms with Crippen molar-refractivity contribution in [1.29, 1.82) is 0 Å². The second-order valence-electron chi connectivity index (χ2n) is 45.6. The van der Waals surface area contributed by atoms with E-state index in [0.717, 1.165) is 66.2 Å². The van der Waals surface area contributed by atoms with Gasteiger partial charge in [-0.15, -0.1) is 11.3 Å². The van der Waals surface area contributed by atoms with Crippen molar-refractivity contribution in [3.63, 3.8) is 0 Å². The van der Waals surface area contributed by atoms with Crippen molar-refractivity contribution in [2.45, 2.75) is 131 Å². The topological polar surface area (TPSA) is 77.2 Å². The summed E-state index contributed by atoms with van der Waals surface area (Å²) in [6.07, 6.45) is 0. The Hall–Kier alpha value is -17.2. The van der Waals surface area contributed by atoms with E-state index in [0.29, 0.717) is 0 Å². The summed E-state index contributed by atoms with van der Waals surface area (Å²) in [5, 5.41) is 24.6. The van der Waals surface area contributed by atoms with Crippen LogP contribution in [-0.4, -0.2) is 22.8 Å². The van der Waals surface area contributed by atoms with Gasteiger partial charge in [0.1, 0.15) is 44.7 Å². The van der Waals surface area contributed by atoms with E-state index in [1.54, 1.807) is 0 Å². The Bertz CT molecular complexity index is 10300. The van der Waals surface area contributed by atoms with Gasteiger partial charge in [-0.1, -0.05) is 334 Å². The summed E-state index contributed by atoms with van der Waals surface area (Å²) < 4.78 is 39.7. The minimum absolute atomic E-state index is 0.0266. The zero-order chi connectivity index (χ0) is 102. The van der Waals surface area contributed by atoms with E-state index in [1.165, 1.54) is 207 Å². The highest BCUT2D eigenvalue weighted by Crippen LogP contribution is 2.49. The average Bonchev–Trinajstić information content (AvgIpc) is 1.55. The second-order valence-corrected chi connectivity index (χ2v) is 46.6. The molecule has 30 aromatic rings. The van der Waals surface area contributed by atoms with Gasteiger partial charge in [-0.3, -0.25) is 0 Å². The number of para-hydroxylation sites is 10. The molecule has 0 atom stereocenters. The highest BCUT2D eigenvalue weighted by Gasteiger charge is 2.29. The molecule has 0 N–H and O–H groups in total. The molecule has 0 aliphatic rings. The number of aromatic nitrogens is 5. The lowest BCUT2D eigenvalue weighted by molar-refractivity contribution is 0.573. The molecule has 10 heteroatoms. The lowest BCUT2D eigenvalue weighted by Gasteiger charge is -2.19. The van der Waals surface area contributed by atoms with Crippen molar-refractivity contribution in [1.82, 2.24) is 22.8 Å². The summed E-state index contributed by atoms with van der Waals surface area (Å²) in [6.45, 7) is 33.9. The van der Waals surface area contributed by atoms with E-state index < -0.39 is 0 Å². The van der Waals surface area contributed by atoms with Crippen molar-refractivity contribution >= 4 is 228 Å². The van der Waals surface area contributed by atoms with E-state index in [1.807, 2.05) is 35.6 Å². The number of benzene rings is 20. The van der Waals surface area contributed by atoms with Crippen LogP contribution in [-0.2, 0) is 27.1 Å². The van der Waals surface area contributed by atoms with Crippen LogP contribution in [0.4, 0.5) is 0 Å². The number of hydrogen-bond acceptors (Lipinski definition) is 5. The lowest BCUT2D eigenvalue weighted by Crippen LogP contribution is -2.10. The van der Waals surface area contributed by atoms with E-state index in [2.05, 4.69) is 527 Å². The molecule has 0 fully saturated rings. The van der Waals surface area contributed by atoms with Crippen LogP contribution in [0, 0.1) is 0 Å². The first-order valence-electron chi connectivity index (χ1n) is 52.3. The first-order valence-corrected chi connectivity index (χ1v) is 53.1. The van der Waals surface area contributed by atoms with Crippen LogP contribution in [0.3, 0.4) is 0 Å². The average molecular weight is 1960 g/mol. The zero-order valence-corrected chi connectivity index (χ0v) is 88.0. The van der Waals surface area contributed by atoms with Crippen LogP contribution in [0.15, 0.2) is 442 Å². The monoisotopic (exact) mass is 1960 g/mol. The van der Waals surface area contributed by atoms with Gasteiger partial charge < -0.3 is 40.5 Å². The van der Waals surface area contributed by atoms with Crippen molar-refractivity contribution in [3.05, 3.63) is 452 Å². The molecular weight excluding hydrogens is 1850 g/mol. The predicted molar refractivity (Wildman–Crippen MR) is 639 cm³/mol. The molecule has 0 spiro atoms. The molecule has 0 bridgehead atoms. The first kappa shape index (κ1) is 92.7. The Morgan fingerprint density at radius 2 is 0.427 bits per heavy atom. The third kappa shape index (κ3) is 15.8. The third-order valence-electron chi connectivity index (χ3n) is 30.7. The number of furan rings is 4. The molecule has 0 amide bonds. The zero-order valence-electron chi connectivity index (χ0n) is 87.2. The summed E-state index contributed by atoms with van der Waals surface area (Å²) in [4.78, 5) is 0. The fourth-order valence-electron chi connectivity index (χ4n) is 23.0. The highest BCUT2D eigenvalue weighted by atomic mass is 32.1. The number of rotatable bonds is 5. The molecule has 730 valence electrons. The van der Waals surface area contributed by atoms with E-state index >= 15 is 0 Å². The van der Waals surface area contributed by atoms with E-state index in [9.17, 15) is 0 Å². The molecule has 9 nitrogen and oxygen atoms in total. The molecule has 0 aliphatic carbocycles. The van der Waals surface area contributed by atoms with Crippen LogP contribution in [0.25, 0.3) is 245 Å². The minimum atomic E-state index is 0.0266. The Morgan fingerprint density at radius 3 is 0.827 bits per heavy atom. The molecule has 0 aliphatic heterocycles. The molecule has 10 heterocycles. The van der Waals surface area contributed by atoms with Crippen LogP contribution in [0.2, 0.25) is 0 Å². The Morgan fingerprint density at radius 1 is 0.153 bits per heavy atom. The predicted octanol–water partition coefficient (Wildman–Crippen LogP) is 40.4. The van der Waals surface area contributed by atoms with Crippen molar-refractivity contribution < 1.29 is 17.7 Å². The summed E-state index contributed by atoms with van der Waals surface area (Å²) >= 11 is 1.89. The number of fused-ring (bicyclic) bond motifs is 30. The van der Waals surface area contributed by atoms with Gasteiger partial charge in [0.05, 0.1) is 55.2 Å². The van der Waals surface area contributed by atoms with Crippen molar-refractivity contribution in [2.75, 3.05) is 0 Å². The standard InChI is InChI=1S/4C28H23NO.C28H23NS/c1-28(2,3)18-12-14-19(15-13-18)29-24-10-6-4-8-20(24)22-17-27-23(16-25(22)29)21-9-5-7-11-26(21)30-27;1-28(2,3)23-14-9-13-20-22-16-25-21(17-26(22)30-27(20)23)19-12-7-8-15-24(19)29(25)18-10-5-4-6-11-18;1-28(2,3)18-13-14-26-22(15-18)23-16-25-21(17-27(23)30-26)20-11-7-8-12-24(20)29(25)19-9-5-4-6-10-19;2*1-28(2,3)18-13-14-24-21(15-18)22-17-27-23(20-11-7-8-12-26(20)30-27)16-25(22)29(24)19-9-5-4-6-10-19/h5*4-17H,1-3H3. The molecule has 0 radical (unpaired) electrons. The summed E-state index contributed by atoms with van der Waals surface area (Å²) in [6, 6.07) is 152. The number of hydrogen-bond donors (Lipinski definition) is 0. The van der Waals surface area contributed by atoms with Gasteiger partial charge in [0, 0.05) is 151 Å². The first-order chi connectivity index (χ1) is 72.5. The van der Waals surface area contributed by atoms with Crippen molar-refractivity contribution in [2.24, 2.45) is 0 Å².